The highest BCUT2D eigenvalue weighted by Crippen LogP contribution is 2.42. The first-order valence-corrected chi connectivity index (χ1v) is 6.73. The predicted molar refractivity (Wildman–Crippen MR) is 70.3 cm³/mol. The van der Waals surface area contributed by atoms with E-state index >= 15 is 0 Å². The van der Waals surface area contributed by atoms with Crippen molar-refractivity contribution in [1.82, 2.24) is 0 Å². The van der Waals surface area contributed by atoms with E-state index in [2.05, 4.69) is 0 Å². The molecule has 0 N–H and O–H groups in total. The topological polar surface area (TPSA) is 51.2 Å². The molecule has 1 atom stereocenters. The van der Waals surface area contributed by atoms with Gasteiger partial charge >= 0.3 is 0 Å². The van der Waals surface area contributed by atoms with Crippen LogP contribution in [0.4, 0.5) is 0 Å². The van der Waals surface area contributed by atoms with Crippen LogP contribution in [-0.2, 0) is 14.4 Å². The largest absolute Gasteiger partial charge is 0.300 e. The molecule has 3 nitrogen and oxygen atoms in total. The fourth-order valence-electron chi connectivity index (χ4n) is 2.67. The predicted octanol–water partition coefficient (Wildman–Crippen LogP) is 3.10. The van der Waals surface area contributed by atoms with Gasteiger partial charge in [-0.1, -0.05) is 20.8 Å². The van der Waals surface area contributed by atoms with Gasteiger partial charge < -0.3 is 4.79 Å². The lowest BCUT2D eigenvalue weighted by molar-refractivity contribution is -0.140. The van der Waals surface area contributed by atoms with Gasteiger partial charge in [0, 0.05) is 19.3 Å². The third-order valence-electron chi connectivity index (χ3n) is 3.67. The van der Waals surface area contributed by atoms with Crippen LogP contribution in [0, 0.1) is 10.8 Å². The van der Waals surface area contributed by atoms with Gasteiger partial charge in [-0.25, -0.2) is 0 Å². The van der Waals surface area contributed by atoms with Gasteiger partial charge in [-0.2, -0.15) is 0 Å². The third kappa shape index (κ3) is 3.50. The Bertz CT molecular complexity index is 362. The SMILES string of the molecule is CC(=O)CC[C@]1(C(=O)CC(C)(C)C)CCCC1=O. The summed E-state index contributed by atoms with van der Waals surface area (Å²) in [6, 6.07) is 0. The van der Waals surface area contributed by atoms with E-state index in [1.54, 1.807) is 0 Å². The summed E-state index contributed by atoms with van der Waals surface area (Å²) in [5.41, 5.74) is -0.956. The highest BCUT2D eigenvalue weighted by Gasteiger charge is 2.48. The third-order valence-corrected chi connectivity index (χ3v) is 3.67. The van der Waals surface area contributed by atoms with E-state index in [1.807, 2.05) is 20.8 Å². The summed E-state index contributed by atoms with van der Waals surface area (Å²) in [7, 11) is 0. The van der Waals surface area contributed by atoms with Crippen molar-refractivity contribution in [3.05, 3.63) is 0 Å². The van der Waals surface area contributed by atoms with Crippen LogP contribution in [0.25, 0.3) is 0 Å². The molecule has 0 aromatic heterocycles. The molecule has 1 aliphatic rings. The number of hydrogen-bond acceptors (Lipinski definition) is 3. The first kappa shape index (κ1) is 15.1. The van der Waals surface area contributed by atoms with E-state index in [4.69, 9.17) is 0 Å². The van der Waals surface area contributed by atoms with Gasteiger partial charge in [0.15, 0.2) is 0 Å². The molecule has 1 fully saturated rings. The molecule has 1 aliphatic carbocycles. The van der Waals surface area contributed by atoms with E-state index in [9.17, 15) is 14.4 Å². The molecule has 0 amide bonds. The minimum atomic E-state index is -0.848. The van der Waals surface area contributed by atoms with Crippen molar-refractivity contribution in [3.8, 4) is 0 Å². The molecule has 0 aromatic rings. The highest BCUT2D eigenvalue weighted by atomic mass is 16.2. The molecule has 1 rings (SSSR count). The summed E-state index contributed by atoms with van der Waals surface area (Å²) in [6.45, 7) is 7.52. The average molecular weight is 252 g/mol. The monoisotopic (exact) mass is 252 g/mol. The van der Waals surface area contributed by atoms with Crippen LogP contribution in [0.1, 0.15) is 66.2 Å². The van der Waals surface area contributed by atoms with Crippen molar-refractivity contribution in [2.24, 2.45) is 10.8 Å². The van der Waals surface area contributed by atoms with Gasteiger partial charge in [-0.05, 0) is 31.6 Å². The Hall–Kier alpha value is -0.990. The zero-order valence-corrected chi connectivity index (χ0v) is 12.0. The highest BCUT2D eigenvalue weighted by molar-refractivity contribution is 6.08. The van der Waals surface area contributed by atoms with Crippen LogP contribution < -0.4 is 0 Å². The molecule has 1 saturated carbocycles. The van der Waals surface area contributed by atoms with E-state index in [-0.39, 0.29) is 22.8 Å². The normalized spacial score (nSPS) is 24.3. The smallest absolute Gasteiger partial charge is 0.146 e. The van der Waals surface area contributed by atoms with E-state index < -0.39 is 5.41 Å². The molecule has 0 radical (unpaired) electrons. The van der Waals surface area contributed by atoms with Crippen molar-refractivity contribution in [1.29, 1.82) is 0 Å². The maximum atomic E-state index is 12.5. The zero-order chi connectivity index (χ0) is 14.0. The molecule has 0 bridgehead atoms. The van der Waals surface area contributed by atoms with Crippen molar-refractivity contribution >= 4 is 17.3 Å². The minimum Gasteiger partial charge on any atom is -0.300 e. The maximum absolute atomic E-state index is 12.5. The first-order valence-electron chi connectivity index (χ1n) is 6.73. The van der Waals surface area contributed by atoms with Crippen molar-refractivity contribution in [3.63, 3.8) is 0 Å². The van der Waals surface area contributed by atoms with Gasteiger partial charge in [0.25, 0.3) is 0 Å². The number of ketones is 3. The van der Waals surface area contributed by atoms with Crippen LogP contribution in [0.15, 0.2) is 0 Å². The summed E-state index contributed by atoms with van der Waals surface area (Å²) in [4.78, 5) is 35.7. The number of Topliss-reactive ketones (excluding diaryl/α,β-unsaturated/α-hetero) is 3. The summed E-state index contributed by atoms with van der Waals surface area (Å²) in [5, 5.41) is 0. The van der Waals surface area contributed by atoms with Gasteiger partial charge in [0.05, 0.1) is 5.41 Å². The minimum absolute atomic E-state index is 0.0405. The molecule has 102 valence electrons. The second kappa shape index (κ2) is 5.33. The number of rotatable bonds is 5. The summed E-state index contributed by atoms with van der Waals surface area (Å²) >= 11 is 0. The average Bonchev–Trinajstić information content (AvgIpc) is 2.55. The van der Waals surface area contributed by atoms with E-state index in [1.165, 1.54) is 6.92 Å². The molecular formula is C15H24O3. The fourth-order valence-corrected chi connectivity index (χ4v) is 2.67. The Morgan fingerprint density at radius 3 is 2.28 bits per heavy atom. The molecule has 3 heteroatoms. The van der Waals surface area contributed by atoms with Gasteiger partial charge in [-0.3, -0.25) is 9.59 Å². The quantitative estimate of drug-likeness (QED) is 0.706. The molecule has 18 heavy (non-hydrogen) atoms. The summed E-state index contributed by atoms with van der Waals surface area (Å²) in [5.74, 6) is 0.148. The van der Waals surface area contributed by atoms with Crippen LogP contribution in [0.5, 0.6) is 0 Å². The van der Waals surface area contributed by atoms with Crippen molar-refractivity contribution in [2.45, 2.75) is 66.2 Å². The Balaban J connectivity index is 2.88. The lowest BCUT2D eigenvalue weighted by atomic mass is 9.71. The molecule has 0 heterocycles. The Kier molecular flexibility index (Phi) is 4.46. The molecule has 0 aliphatic heterocycles. The Morgan fingerprint density at radius 1 is 1.28 bits per heavy atom. The fraction of sp³-hybridized carbons (Fsp3) is 0.800. The molecule has 0 unspecified atom stereocenters. The van der Waals surface area contributed by atoms with Crippen LogP contribution in [-0.4, -0.2) is 17.3 Å². The first-order chi connectivity index (χ1) is 8.17. The number of carbonyl (C=O) groups excluding carboxylic acids is 3. The number of hydrogen-bond donors (Lipinski definition) is 0. The van der Waals surface area contributed by atoms with Crippen LogP contribution >= 0.6 is 0 Å². The molecule has 0 spiro atoms. The van der Waals surface area contributed by atoms with Gasteiger partial charge in [0.1, 0.15) is 17.3 Å². The van der Waals surface area contributed by atoms with Gasteiger partial charge in [0.2, 0.25) is 0 Å². The zero-order valence-electron chi connectivity index (χ0n) is 12.0. The second-order valence-electron chi connectivity index (χ2n) is 6.72. The van der Waals surface area contributed by atoms with Crippen LogP contribution in [0.2, 0.25) is 0 Å². The lowest BCUT2D eigenvalue weighted by Crippen LogP contribution is -2.37. The van der Waals surface area contributed by atoms with E-state index in [0.29, 0.717) is 32.1 Å². The molecule has 0 aromatic carbocycles. The van der Waals surface area contributed by atoms with Crippen molar-refractivity contribution in [2.75, 3.05) is 0 Å². The van der Waals surface area contributed by atoms with E-state index in [0.717, 1.165) is 6.42 Å². The Morgan fingerprint density at radius 2 is 1.89 bits per heavy atom. The lowest BCUT2D eigenvalue weighted by Gasteiger charge is -2.29. The van der Waals surface area contributed by atoms with Gasteiger partial charge in [-0.15, -0.1) is 0 Å². The second-order valence-corrected chi connectivity index (χ2v) is 6.72. The number of carbonyl (C=O) groups is 3. The van der Waals surface area contributed by atoms with Crippen LogP contribution in [0.3, 0.4) is 0 Å². The summed E-state index contributed by atoms with van der Waals surface area (Å²) < 4.78 is 0. The van der Waals surface area contributed by atoms with Crippen molar-refractivity contribution < 1.29 is 14.4 Å². The summed E-state index contributed by atoms with van der Waals surface area (Å²) in [6.07, 6.45) is 3.07. The standard InChI is InChI=1S/C15H24O3/c1-11(16)7-9-15(8-5-6-12(15)17)13(18)10-14(2,3)4/h5-10H2,1-4H3/t15-/m1/s1. The molecular weight excluding hydrogens is 228 g/mol. The molecule has 0 saturated heterocycles. The maximum Gasteiger partial charge on any atom is 0.146 e. The Labute approximate surface area is 109 Å².